The van der Waals surface area contributed by atoms with E-state index in [-0.39, 0.29) is 29.5 Å². The van der Waals surface area contributed by atoms with Gasteiger partial charge in [-0.25, -0.2) is 4.39 Å². The molecule has 5 aromatic carbocycles. The second-order valence-electron chi connectivity index (χ2n) is 11.4. The fraction of sp³-hybridized carbons (Fsp3) is 0.231. The molecule has 5 rings (SSSR count). The van der Waals surface area contributed by atoms with Crippen molar-refractivity contribution in [2.45, 2.75) is 57.5 Å². The normalized spacial score (nSPS) is 13.2. The van der Waals surface area contributed by atoms with Crippen molar-refractivity contribution in [3.8, 4) is 0 Å². The lowest BCUT2D eigenvalue weighted by Gasteiger charge is -2.14. The third kappa shape index (κ3) is 15.7. The highest BCUT2D eigenvalue weighted by Crippen LogP contribution is 2.33. The molecular weight excluding hydrogens is 716 g/mol. The fourth-order valence-corrected chi connectivity index (χ4v) is 5.04. The molecule has 8 N–H and O–H groups in total. The van der Waals surface area contributed by atoms with E-state index < -0.39 is 17.8 Å². The molecule has 4 unspecified atom stereocenters. The van der Waals surface area contributed by atoms with Gasteiger partial charge in [-0.1, -0.05) is 112 Å². The van der Waals surface area contributed by atoms with Crippen LogP contribution in [0.5, 0.6) is 0 Å². The molecule has 0 bridgehead atoms. The quantitative estimate of drug-likeness (QED) is 0.129. The minimum absolute atomic E-state index is 0.0682. The van der Waals surface area contributed by atoms with Crippen LogP contribution in [-0.4, -0.2) is 0 Å². The third-order valence-corrected chi connectivity index (χ3v) is 7.83. The van der Waals surface area contributed by atoms with Crippen LogP contribution in [0.1, 0.15) is 78.3 Å². The minimum atomic E-state index is -4.32. The zero-order valence-electron chi connectivity index (χ0n) is 27.7. The van der Waals surface area contributed by atoms with Gasteiger partial charge in [-0.15, -0.1) is 0 Å². The maximum absolute atomic E-state index is 12.7. The SMILES string of the molecule is CC(N)c1cccc(Br)c1.CC(N)c1cccc(Cl)c1.CC(N)c1ccccc1C(F)(F)F.NC(Cc1ccccc1)c1ccc(F)cc1. The number of nitrogens with two attached hydrogens (primary N) is 4. The lowest BCUT2D eigenvalue weighted by atomic mass is 10.00. The Morgan fingerprint density at radius 3 is 1.59 bits per heavy atom. The molecule has 262 valence electrons. The molecule has 0 saturated heterocycles. The summed E-state index contributed by atoms with van der Waals surface area (Å²) in [6.07, 6.45) is -3.54. The fourth-order valence-electron chi connectivity index (χ4n) is 4.43. The van der Waals surface area contributed by atoms with Crippen molar-refractivity contribution in [3.63, 3.8) is 0 Å². The van der Waals surface area contributed by atoms with Gasteiger partial charge >= 0.3 is 6.18 Å². The van der Waals surface area contributed by atoms with Crippen LogP contribution in [0.4, 0.5) is 17.6 Å². The Kier molecular flexibility index (Phi) is 17.7. The second-order valence-corrected chi connectivity index (χ2v) is 12.8. The molecule has 0 aliphatic heterocycles. The molecule has 49 heavy (non-hydrogen) atoms. The number of halogens is 6. The van der Waals surface area contributed by atoms with E-state index in [9.17, 15) is 17.6 Å². The summed E-state index contributed by atoms with van der Waals surface area (Å²) in [5, 5.41) is 0.745. The van der Waals surface area contributed by atoms with E-state index in [0.29, 0.717) is 0 Å². The first-order valence-electron chi connectivity index (χ1n) is 15.6. The van der Waals surface area contributed by atoms with E-state index >= 15 is 0 Å². The molecule has 4 nitrogen and oxygen atoms in total. The van der Waals surface area contributed by atoms with Crippen molar-refractivity contribution in [1.82, 2.24) is 0 Å². The first-order valence-corrected chi connectivity index (χ1v) is 16.7. The number of rotatable bonds is 6. The molecule has 0 amide bonds. The summed E-state index contributed by atoms with van der Waals surface area (Å²) in [5.41, 5.74) is 26.6. The number of hydrogen-bond acceptors (Lipinski definition) is 4. The lowest BCUT2D eigenvalue weighted by molar-refractivity contribution is -0.138. The van der Waals surface area contributed by atoms with Crippen LogP contribution >= 0.6 is 27.5 Å². The van der Waals surface area contributed by atoms with E-state index in [1.54, 1.807) is 18.2 Å². The molecular formula is C39H44BrClF4N4. The standard InChI is InChI=1S/C14H14FN.C9H10F3N.C8H10BrN.C8H10ClN/c15-13-8-6-12(7-9-13)14(16)10-11-4-2-1-3-5-11;1-6(13)7-4-2-3-5-8(7)9(10,11)12;2*1-6(10)7-3-2-4-8(9)5-7/h1-9,14H,10,16H2;2-6H,13H2,1H3;2*2-6H,10H2,1H3. The summed E-state index contributed by atoms with van der Waals surface area (Å²) in [6, 6.07) is 36.9. The average Bonchev–Trinajstić information content (AvgIpc) is 3.06. The zero-order chi connectivity index (χ0) is 36.6. The molecule has 0 fully saturated rings. The predicted molar refractivity (Wildman–Crippen MR) is 198 cm³/mol. The molecule has 5 aromatic rings. The maximum atomic E-state index is 12.7. The van der Waals surface area contributed by atoms with Crippen molar-refractivity contribution >= 4 is 27.5 Å². The average molecular weight is 760 g/mol. The van der Waals surface area contributed by atoms with Gasteiger partial charge in [0.1, 0.15) is 5.82 Å². The largest absolute Gasteiger partial charge is 0.416 e. The van der Waals surface area contributed by atoms with E-state index in [0.717, 1.165) is 38.7 Å². The Hall–Kier alpha value is -3.57. The first kappa shape index (κ1) is 41.6. The van der Waals surface area contributed by atoms with E-state index in [2.05, 4.69) is 15.9 Å². The smallest absolute Gasteiger partial charge is 0.324 e. The number of hydrogen-bond donors (Lipinski definition) is 4. The highest BCUT2D eigenvalue weighted by molar-refractivity contribution is 9.10. The van der Waals surface area contributed by atoms with Crippen molar-refractivity contribution in [1.29, 1.82) is 0 Å². The summed E-state index contributed by atoms with van der Waals surface area (Å²) in [6.45, 7) is 5.44. The zero-order valence-corrected chi connectivity index (χ0v) is 30.1. The first-order chi connectivity index (χ1) is 23.1. The molecule has 4 atom stereocenters. The Bertz CT molecular complexity index is 1610. The summed E-state index contributed by atoms with van der Waals surface area (Å²) in [7, 11) is 0. The van der Waals surface area contributed by atoms with E-state index in [4.69, 9.17) is 34.5 Å². The Labute approximate surface area is 300 Å². The summed E-state index contributed by atoms with van der Waals surface area (Å²) in [4.78, 5) is 0. The van der Waals surface area contributed by atoms with Gasteiger partial charge < -0.3 is 22.9 Å². The summed E-state index contributed by atoms with van der Waals surface area (Å²) < 4.78 is 50.9. The van der Waals surface area contributed by atoms with E-state index in [1.165, 1.54) is 36.8 Å². The van der Waals surface area contributed by atoms with Gasteiger partial charge in [-0.3, -0.25) is 0 Å². The highest BCUT2D eigenvalue weighted by Gasteiger charge is 2.33. The van der Waals surface area contributed by atoms with Crippen molar-refractivity contribution < 1.29 is 17.6 Å². The van der Waals surface area contributed by atoms with Crippen molar-refractivity contribution in [2.75, 3.05) is 0 Å². The Morgan fingerprint density at radius 2 is 1.14 bits per heavy atom. The van der Waals surface area contributed by atoms with Gasteiger partial charge in [0, 0.05) is 33.7 Å². The van der Waals surface area contributed by atoms with Gasteiger partial charge in [0.15, 0.2) is 0 Å². The molecule has 0 heterocycles. The molecule has 0 saturated carbocycles. The van der Waals surface area contributed by atoms with Crippen LogP contribution in [0.3, 0.4) is 0 Å². The summed E-state index contributed by atoms with van der Waals surface area (Å²) in [5.74, 6) is -0.226. The van der Waals surface area contributed by atoms with Crippen molar-refractivity contribution in [2.24, 2.45) is 22.9 Å². The predicted octanol–water partition coefficient (Wildman–Crippen LogP) is 10.6. The lowest BCUT2D eigenvalue weighted by Crippen LogP contribution is -2.14. The van der Waals surface area contributed by atoms with Crippen LogP contribution in [-0.2, 0) is 12.6 Å². The summed E-state index contributed by atoms with van der Waals surface area (Å²) >= 11 is 9.11. The number of benzene rings is 5. The van der Waals surface area contributed by atoms with Crippen LogP contribution < -0.4 is 22.9 Å². The van der Waals surface area contributed by atoms with Crippen LogP contribution in [0.2, 0.25) is 5.02 Å². The van der Waals surface area contributed by atoms with Crippen LogP contribution in [0, 0.1) is 5.82 Å². The van der Waals surface area contributed by atoms with Gasteiger partial charge in [0.25, 0.3) is 0 Å². The maximum Gasteiger partial charge on any atom is 0.416 e. The minimum Gasteiger partial charge on any atom is -0.324 e. The molecule has 0 spiro atoms. The molecule has 0 aromatic heterocycles. The molecule has 0 aliphatic carbocycles. The van der Waals surface area contributed by atoms with Gasteiger partial charge in [-0.2, -0.15) is 13.2 Å². The topological polar surface area (TPSA) is 104 Å². The highest BCUT2D eigenvalue weighted by atomic mass is 79.9. The number of alkyl halides is 3. The molecule has 10 heteroatoms. The third-order valence-electron chi connectivity index (χ3n) is 7.10. The Morgan fingerprint density at radius 1 is 0.612 bits per heavy atom. The molecule has 0 radical (unpaired) electrons. The van der Waals surface area contributed by atoms with Gasteiger partial charge in [0.05, 0.1) is 5.56 Å². The molecule has 0 aliphatic rings. The van der Waals surface area contributed by atoms with Gasteiger partial charge in [0.2, 0.25) is 0 Å². The van der Waals surface area contributed by atoms with Crippen LogP contribution in [0.15, 0.2) is 132 Å². The van der Waals surface area contributed by atoms with Crippen molar-refractivity contribution in [3.05, 3.63) is 176 Å². The van der Waals surface area contributed by atoms with Crippen LogP contribution in [0.25, 0.3) is 0 Å². The Balaban J connectivity index is 0.000000232. The van der Waals surface area contributed by atoms with E-state index in [1.807, 2.05) is 92.7 Å². The monoisotopic (exact) mass is 758 g/mol. The second kappa shape index (κ2) is 20.8. The van der Waals surface area contributed by atoms with Gasteiger partial charge in [-0.05, 0) is 97.5 Å².